The van der Waals surface area contributed by atoms with Crippen LogP contribution in [0.3, 0.4) is 0 Å². The van der Waals surface area contributed by atoms with E-state index in [9.17, 15) is 18.5 Å². The Bertz CT molecular complexity index is 772. The summed E-state index contributed by atoms with van der Waals surface area (Å²) >= 11 is 0. The van der Waals surface area contributed by atoms with Crippen LogP contribution in [0.25, 0.3) is 0 Å². The lowest BCUT2D eigenvalue weighted by molar-refractivity contribution is -0.384. The molecule has 0 aliphatic carbocycles. The van der Waals surface area contributed by atoms with Gasteiger partial charge in [0.25, 0.3) is 5.69 Å². The van der Waals surface area contributed by atoms with Gasteiger partial charge < -0.3 is 10.2 Å². The quantitative estimate of drug-likeness (QED) is 0.414. The van der Waals surface area contributed by atoms with Crippen molar-refractivity contribution in [2.24, 2.45) is 0 Å². The fraction of sp³-hybridized carbons (Fsp3) is 0.467. The van der Waals surface area contributed by atoms with Crippen molar-refractivity contribution in [2.45, 2.75) is 24.8 Å². The van der Waals surface area contributed by atoms with Gasteiger partial charge in [0.1, 0.15) is 0 Å². The number of non-ortho nitro benzene ring substituents is 1. The largest absolute Gasteiger partial charge is 0.473 e. The van der Waals surface area contributed by atoms with Gasteiger partial charge in [0.2, 0.25) is 10.0 Å². The summed E-state index contributed by atoms with van der Waals surface area (Å²) in [5.41, 5.74) is -0.112. The lowest BCUT2D eigenvalue weighted by atomic mass is 10.3. The smallest absolute Gasteiger partial charge is 0.414 e. The molecule has 1 aromatic rings. The van der Waals surface area contributed by atoms with E-state index in [4.69, 9.17) is 19.8 Å². The molecule has 0 atom stereocenters. The highest BCUT2D eigenvalue weighted by molar-refractivity contribution is 7.89. The number of carboxylic acids is 2. The Morgan fingerprint density at radius 2 is 1.48 bits per heavy atom. The van der Waals surface area contributed by atoms with E-state index in [0.29, 0.717) is 32.2 Å². The van der Waals surface area contributed by atoms with Gasteiger partial charge in [-0.1, -0.05) is 0 Å². The molecular weight excluding hydrogens is 382 g/mol. The second-order valence-electron chi connectivity index (χ2n) is 5.90. The fourth-order valence-corrected chi connectivity index (χ4v) is 3.77. The zero-order valence-corrected chi connectivity index (χ0v) is 15.6. The molecule has 0 amide bonds. The Morgan fingerprint density at radius 3 is 1.81 bits per heavy atom. The fourth-order valence-electron chi connectivity index (χ4n) is 2.35. The van der Waals surface area contributed by atoms with Gasteiger partial charge >= 0.3 is 11.9 Å². The third kappa shape index (κ3) is 6.27. The van der Waals surface area contributed by atoms with E-state index < -0.39 is 26.9 Å². The molecule has 11 nitrogen and oxygen atoms in total. The summed E-state index contributed by atoms with van der Waals surface area (Å²) in [6.07, 6.45) is 0. The molecule has 1 fully saturated rings. The summed E-state index contributed by atoms with van der Waals surface area (Å²) in [4.78, 5) is 30.6. The van der Waals surface area contributed by atoms with Crippen LogP contribution in [0.5, 0.6) is 0 Å². The van der Waals surface area contributed by atoms with Gasteiger partial charge in [0.05, 0.1) is 9.82 Å². The maximum absolute atomic E-state index is 12.5. The second kappa shape index (κ2) is 9.39. The molecule has 1 aromatic carbocycles. The Labute approximate surface area is 156 Å². The summed E-state index contributed by atoms with van der Waals surface area (Å²) in [5, 5.41) is 25.4. The highest BCUT2D eigenvalue weighted by Gasteiger charge is 2.29. The summed E-state index contributed by atoms with van der Waals surface area (Å²) in [6, 6.07) is 5.42. The topological polar surface area (TPSA) is 158 Å². The zero-order chi connectivity index (χ0) is 20.8. The Morgan fingerprint density at radius 1 is 1.04 bits per heavy atom. The lowest BCUT2D eigenvalue weighted by Crippen LogP contribution is -2.50. The molecule has 12 heteroatoms. The standard InChI is InChI=1S/C13H19N3O4S.C2H2O4/c1-11(2)14-7-9-15(10-8-14)21(19,20)13-5-3-12(4-6-13)16(17)18;3-1(4)2(5)6/h3-6,11H,7-10H2,1-2H3;(H,3,4)(H,5,6). The first-order valence-corrected chi connectivity index (χ1v) is 9.35. The number of carboxylic acid groups (broad SMARTS) is 2. The minimum Gasteiger partial charge on any atom is -0.473 e. The van der Waals surface area contributed by atoms with Gasteiger partial charge in [-0.25, -0.2) is 18.0 Å². The number of benzene rings is 1. The van der Waals surface area contributed by atoms with E-state index in [1.807, 2.05) is 0 Å². The van der Waals surface area contributed by atoms with Gasteiger partial charge in [-0.2, -0.15) is 4.31 Å². The monoisotopic (exact) mass is 403 g/mol. The van der Waals surface area contributed by atoms with Crippen LogP contribution in [0, 0.1) is 10.1 Å². The van der Waals surface area contributed by atoms with Crippen LogP contribution in [-0.4, -0.2) is 76.9 Å². The predicted octanol–water partition coefficient (Wildman–Crippen LogP) is 0.465. The molecule has 2 N–H and O–H groups in total. The van der Waals surface area contributed by atoms with Crippen molar-refractivity contribution < 1.29 is 33.1 Å². The van der Waals surface area contributed by atoms with Gasteiger partial charge in [-0.3, -0.25) is 15.0 Å². The van der Waals surface area contributed by atoms with Crippen LogP contribution in [0.15, 0.2) is 29.2 Å². The molecule has 1 saturated heterocycles. The minimum atomic E-state index is -3.57. The zero-order valence-electron chi connectivity index (χ0n) is 14.8. The molecule has 0 unspecified atom stereocenters. The number of nitrogens with zero attached hydrogens (tertiary/aromatic N) is 3. The van der Waals surface area contributed by atoms with E-state index in [-0.39, 0.29) is 10.6 Å². The van der Waals surface area contributed by atoms with Crippen LogP contribution in [0.2, 0.25) is 0 Å². The molecule has 0 radical (unpaired) electrons. The number of rotatable bonds is 4. The number of carbonyl (C=O) groups is 2. The van der Waals surface area contributed by atoms with Crippen molar-refractivity contribution in [3.05, 3.63) is 34.4 Å². The summed E-state index contributed by atoms with van der Waals surface area (Å²) in [5.74, 6) is -3.65. The third-order valence-corrected chi connectivity index (χ3v) is 5.78. The highest BCUT2D eigenvalue weighted by atomic mass is 32.2. The van der Waals surface area contributed by atoms with Crippen LogP contribution in [0.1, 0.15) is 13.8 Å². The number of sulfonamides is 1. The maximum atomic E-state index is 12.5. The molecular formula is C15H21N3O8S. The highest BCUT2D eigenvalue weighted by Crippen LogP contribution is 2.21. The molecule has 0 spiro atoms. The van der Waals surface area contributed by atoms with Crippen molar-refractivity contribution in [2.75, 3.05) is 26.2 Å². The number of hydrogen-bond acceptors (Lipinski definition) is 7. The molecule has 1 heterocycles. The number of hydrogen-bond donors (Lipinski definition) is 2. The molecule has 150 valence electrons. The Hall–Kier alpha value is -2.57. The number of aliphatic carboxylic acids is 2. The van der Waals surface area contributed by atoms with Crippen LogP contribution >= 0.6 is 0 Å². The predicted molar refractivity (Wildman–Crippen MR) is 93.8 cm³/mol. The van der Waals surface area contributed by atoms with Crippen molar-refractivity contribution in [1.82, 2.24) is 9.21 Å². The molecule has 0 aromatic heterocycles. The van der Waals surface area contributed by atoms with Gasteiger partial charge in [0.15, 0.2) is 0 Å². The van der Waals surface area contributed by atoms with Gasteiger partial charge in [-0.05, 0) is 26.0 Å². The first-order chi connectivity index (χ1) is 12.5. The van der Waals surface area contributed by atoms with Gasteiger partial charge in [-0.15, -0.1) is 0 Å². The van der Waals surface area contributed by atoms with E-state index in [0.717, 1.165) is 0 Å². The van der Waals surface area contributed by atoms with Crippen molar-refractivity contribution in [3.8, 4) is 0 Å². The van der Waals surface area contributed by atoms with E-state index in [2.05, 4.69) is 18.7 Å². The number of nitro groups is 1. The normalized spacial score (nSPS) is 15.7. The summed E-state index contributed by atoms with van der Waals surface area (Å²) < 4.78 is 26.4. The van der Waals surface area contributed by atoms with E-state index >= 15 is 0 Å². The van der Waals surface area contributed by atoms with Crippen LogP contribution < -0.4 is 0 Å². The number of piperazine rings is 1. The molecule has 0 saturated carbocycles. The van der Waals surface area contributed by atoms with E-state index in [1.54, 1.807) is 0 Å². The van der Waals surface area contributed by atoms with Crippen molar-refractivity contribution >= 4 is 27.6 Å². The minimum absolute atomic E-state index is 0.103. The molecule has 0 bridgehead atoms. The van der Waals surface area contributed by atoms with Crippen LogP contribution in [0.4, 0.5) is 5.69 Å². The summed E-state index contributed by atoms with van der Waals surface area (Å²) in [6.45, 7) is 6.45. The lowest BCUT2D eigenvalue weighted by Gasteiger charge is -2.36. The molecule has 1 aliphatic rings. The molecule has 27 heavy (non-hydrogen) atoms. The second-order valence-corrected chi connectivity index (χ2v) is 7.83. The van der Waals surface area contributed by atoms with Crippen molar-refractivity contribution in [1.29, 1.82) is 0 Å². The first kappa shape index (κ1) is 22.5. The molecule has 2 rings (SSSR count). The van der Waals surface area contributed by atoms with E-state index in [1.165, 1.54) is 28.6 Å². The third-order valence-electron chi connectivity index (χ3n) is 3.87. The van der Waals surface area contributed by atoms with Gasteiger partial charge in [0, 0.05) is 44.4 Å². The first-order valence-electron chi connectivity index (χ1n) is 7.91. The Balaban J connectivity index is 0.000000527. The average Bonchev–Trinajstić information content (AvgIpc) is 2.62. The number of nitro benzene ring substituents is 1. The Kier molecular flexibility index (Phi) is 7.82. The summed E-state index contributed by atoms with van der Waals surface area (Å²) in [7, 11) is -3.57. The average molecular weight is 403 g/mol. The van der Waals surface area contributed by atoms with Crippen LogP contribution in [-0.2, 0) is 19.6 Å². The van der Waals surface area contributed by atoms with Crippen molar-refractivity contribution in [3.63, 3.8) is 0 Å². The molecule has 1 aliphatic heterocycles. The maximum Gasteiger partial charge on any atom is 0.414 e. The SMILES string of the molecule is CC(C)N1CCN(S(=O)(=O)c2ccc([N+](=O)[O-])cc2)CC1.O=C(O)C(=O)O.